The average Bonchev–Trinajstić information content (AvgIpc) is 2.07. The zero-order valence-corrected chi connectivity index (χ0v) is 16.4. The molecule has 0 aliphatic heterocycles. The van der Waals surface area contributed by atoms with Crippen molar-refractivity contribution in [2.24, 2.45) is 0 Å². The molecule has 0 atom stereocenters. The molecule has 0 aromatic carbocycles. The second-order valence-corrected chi connectivity index (χ2v) is 32.8. The van der Waals surface area contributed by atoms with Crippen LogP contribution in [0.4, 0.5) is 0 Å². The van der Waals surface area contributed by atoms with Crippen LogP contribution in [0.3, 0.4) is 0 Å². The van der Waals surface area contributed by atoms with E-state index in [2.05, 4.69) is 84.6 Å². The third-order valence-corrected chi connectivity index (χ3v) is 2.68. The van der Waals surface area contributed by atoms with Gasteiger partial charge >= 0.3 is 62.2 Å². The van der Waals surface area contributed by atoms with E-state index in [-0.39, 0.29) is 0 Å². The Bertz CT molecular complexity index is 110. The first-order valence-electron chi connectivity index (χ1n) is 4.57. The summed E-state index contributed by atoms with van der Waals surface area (Å²) in [6, 6.07) is 0. The first-order valence-corrected chi connectivity index (χ1v) is 14.3. The second kappa shape index (κ2) is 9.41. The fraction of sp³-hybridized carbons (Fsp3) is 1.00. The molecule has 14 heavy (non-hydrogen) atoms. The molecule has 0 aromatic rings. The standard InChI is InChI=1S/C8H20N.4BrH.Ni/c1-5-9(6-2,7-3)8-4;;;;;/h5-8H2,1-4H3;4*1H;/q+1;;;;;+4/p-4. The molecule has 0 radical (unpaired) electrons. The number of nitrogens with zero attached hydrogens (tertiary/aromatic N) is 1. The van der Waals surface area contributed by atoms with Gasteiger partial charge in [0.25, 0.3) is 0 Å². The molecular weight excluding hydrogens is 488 g/mol. The van der Waals surface area contributed by atoms with Crippen molar-refractivity contribution in [2.45, 2.75) is 27.7 Å². The van der Waals surface area contributed by atoms with E-state index in [0.29, 0.717) is 0 Å². The molecule has 0 rings (SSSR count). The monoisotopic (exact) mass is 504 g/mol. The molecule has 0 unspecified atom stereocenters. The van der Waals surface area contributed by atoms with Gasteiger partial charge in [0.15, 0.2) is 0 Å². The molecule has 1 nitrogen and oxygen atoms in total. The van der Waals surface area contributed by atoms with E-state index < -0.39 is 5.30 Å². The van der Waals surface area contributed by atoms with Crippen molar-refractivity contribution in [3.8, 4) is 0 Å². The third-order valence-electron chi connectivity index (χ3n) is 2.68. The van der Waals surface area contributed by atoms with Gasteiger partial charge in [0.2, 0.25) is 0 Å². The van der Waals surface area contributed by atoms with Crippen molar-refractivity contribution < 1.29 is 9.79 Å². The molecule has 0 N–H and O–H groups in total. The van der Waals surface area contributed by atoms with Crippen LogP contribution < -0.4 is 0 Å². The SMILES string of the molecule is CC[N+](CC)(CC)CC.[Br][Ni]([Br])([Br])[Br]. The fourth-order valence-corrected chi connectivity index (χ4v) is 1.34. The van der Waals surface area contributed by atoms with Crippen molar-refractivity contribution in [1.82, 2.24) is 0 Å². The second-order valence-electron chi connectivity index (χ2n) is 2.88. The van der Waals surface area contributed by atoms with Gasteiger partial charge in [-0.1, -0.05) is 0 Å². The summed E-state index contributed by atoms with van der Waals surface area (Å²) in [5, 5.41) is -1.00. The first-order chi connectivity index (χ1) is 6.24. The van der Waals surface area contributed by atoms with Gasteiger partial charge in [-0.05, 0) is 27.7 Å². The Morgan fingerprint density at radius 1 is 0.714 bits per heavy atom. The van der Waals surface area contributed by atoms with Crippen molar-refractivity contribution in [2.75, 3.05) is 26.2 Å². The predicted molar refractivity (Wildman–Crippen MR) is 78.1 cm³/mol. The Hall–Kier alpha value is 2.37. The zero-order valence-electron chi connectivity index (χ0n) is 9.10. The van der Waals surface area contributed by atoms with Crippen LogP contribution in [0.5, 0.6) is 0 Å². The average molecular weight is 509 g/mol. The summed E-state index contributed by atoms with van der Waals surface area (Å²) < 4.78 is 1.28. The Balaban J connectivity index is 0. The summed E-state index contributed by atoms with van der Waals surface area (Å²) in [5.74, 6) is 0. The normalized spacial score (nSPS) is 13.1. The van der Waals surface area contributed by atoms with Gasteiger partial charge in [-0.25, -0.2) is 0 Å². The van der Waals surface area contributed by atoms with Crippen LogP contribution >= 0.6 is 56.9 Å². The number of rotatable bonds is 4. The summed E-state index contributed by atoms with van der Waals surface area (Å²) >= 11 is 12.9. The van der Waals surface area contributed by atoms with Crippen LogP contribution in [0.1, 0.15) is 27.7 Å². The maximum absolute atomic E-state index is 3.22. The van der Waals surface area contributed by atoms with Gasteiger partial charge in [0.05, 0.1) is 26.2 Å². The molecule has 0 saturated heterocycles. The van der Waals surface area contributed by atoms with E-state index in [1.165, 1.54) is 30.7 Å². The van der Waals surface area contributed by atoms with Crippen molar-refractivity contribution in [1.29, 1.82) is 0 Å². The molecule has 0 aromatic heterocycles. The summed E-state index contributed by atoms with van der Waals surface area (Å²) in [6.07, 6.45) is 0. The molecule has 0 bridgehead atoms. The van der Waals surface area contributed by atoms with Gasteiger partial charge in [-0.2, -0.15) is 0 Å². The van der Waals surface area contributed by atoms with Crippen molar-refractivity contribution in [3.05, 3.63) is 0 Å². The quantitative estimate of drug-likeness (QED) is 0.359. The molecule has 0 aliphatic carbocycles. The molecular formula is C8H20Br4NNi+. The van der Waals surface area contributed by atoms with Crippen LogP contribution in [0.25, 0.3) is 0 Å². The van der Waals surface area contributed by atoms with E-state index in [9.17, 15) is 0 Å². The molecule has 0 amide bonds. The van der Waals surface area contributed by atoms with E-state index >= 15 is 0 Å². The van der Waals surface area contributed by atoms with Gasteiger partial charge in [-0.15, -0.1) is 0 Å². The molecule has 0 aliphatic rings. The van der Waals surface area contributed by atoms with Gasteiger partial charge in [-0.3, -0.25) is 0 Å². The Labute approximate surface area is 119 Å². The predicted octanol–water partition coefficient (Wildman–Crippen LogP) is 5.26. The molecule has 0 heterocycles. The van der Waals surface area contributed by atoms with Crippen molar-refractivity contribution >= 4 is 56.9 Å². The van der Waals surface area contributed by atoms with Crippen LogP contribution in [0.2, 0.25) is 0 Å². The van der Waals surface area contributed by atoms with Crippen LogP contribution in [-0.2, 0) is 5.30 Å². The third kappa shape index (κ3) is 12.4. The van der Waals surface area contributed by atoms with E-state index in [1.807, 2.05) is 0 Å². The maximum atomic E-state index is 3.22. The topological polar surface area (TPSA) is 0 Å². The van der Waals surface area contributed by atoms with Crippen LogP contribution in [0, 0.1) is 0 Å². The van der Waals surface area contributed by atoms with Gasteiger partial charge in [0.1, 0.15) is 0 Å². The van der Waals surface area contributed by atoms with Crippen LogP contribution in [-0.4, -0.2) is 30.7 Å². The minimum absolute atomic E-state index is 1.00. The Morgan fingerprint density at radius 3 is 0.857 bits per heavy atom. The van der Waals surface area contributed by atoms with E-state index in [4.69, 9.17) is 0 Å². The number of hydrogen-bond donors (Lipinski definition) is 0. The van der Waals surface area contributed by atoms with E-state index in [1.54, 1.807) is 0 Å². The molecule has 94 valence electrons. The zero-order chi connectivity index (χ0) is 11.8. The fourth-order valence-electron chi connectivity index (χ4n) is 1.34. The Morgan fingerprint density at radius 2 is 0.857 bits per heavy atom. The Kier molecular flexibility index (Phi) is 12.6. The van der Waals surface area contributed by atoms with Crippen LogP contribution in [0.15, 0.2) is 0 Å². The summed E-state index contributed by atoms with van der Waals surface area (Å²) in [7, 11) is 0. The van der Waals surface area contributed by atoms with Crippen molar-refractivity contribution in [3.63, 3.8) is 0 Å². The molecule has 0 saturated carbocycles. The number of hydrogen-bond acceptors (Lipinski definition) is 0. The molecule has 6 heteroatoms. The minimum atomic E-state index is -1.00. The molecule has 0 spiro atoms. The van der Waals surface area contributed by atoms with E-state index in [0.717, 1.165) is 0 Å². The summed E-state index contributed by atoms with van der Waals surface area (Å²) in [4.78, 5) is 0. The summed E-state index contributed by atoms with van der Waals surface area (Å²) in [6.45, 7) is 14.2. The number of quaternary nitrogens is 1. The molecule has 0 fully saturated rings. The van der Waals surface area contributed by atoms with Gasteiger partial charge in [0, 0.05) is 0 Å². The first kappa shape index (κ1) is 18.7. The van der Waals surface area contributed by atoms with Gasteiger partial charge < -0.3 is 4.48 Å². The summed E-state index contributed by atoms with van der Waals surface area (Å²) in [5.41, 5.74) is 0. The number of halogens is 4.